The maximum absolute atomic E-state index is 12.5. The summed E-state index contributed by atoms with van der Waals surface area (Å²) in [5, 5.41) is 5.68. The Morgan fingerprint density at radius 1 is 1.12 bits per heavy atom. The first-order valence-electron chi connectivity index (χ1n) is 9.63. The van der Waals surface area contributed by atoms with Gasteiger partial charge in [0.2, 0.25) is 5.95 Å². The topological polar surface area (TPSA) is 191 Å². The molecule has 0 unspecified atom stereocenters. The Balaban J connectivity index is 1.62. The first-order chi connectivity index (χ1) is 16.3. The number of aromatic amines is 1. The number of carbonyl (C=O) groups excluding carboxylic acids is 3. The molecule has 1 aromatic carbocycles. The fraction of sp³-hybridized carbons (Fsp3) is 0.211. The van der Waals surface area contributed by atoms with E-state index in [1.54, 1.807) is 24.3 Å². The Kier molecular flexibility index (Phi) is 8.83. The average Bonchev–Trinajstić information content (AvgIpc) is 2.84. The van der Waals surface area contributed by atoms with Gasteiger partial charge in [-0.15, -0.1) is 0 Å². The predicted octanol–water partition coefficient (Wildman–Crippen LogP) is -0.204. The normalized spacial score (nSPS) is 11.4. The molecule has 0 radical (unpaired) electrons. The number of rotatable bonds is 9. The number of carbonyl (C=O) groups is 3. The van der Waals surface area contributed by atoms with Crippen LogP contribution in [0.3, 0.4) is 0 Å². The van der Waals surface area contributed by atoms with Crippen molar-refractivity contribution in [1.82, 2.24) is 25.3 Å². The Morgan fingerprint density at radius 2 is 1.85 bits per heavy atom. The van der Waals surface area contributed by atoms with Crippen LogP contribution in [0, 0.1) is 0 Å². The number of nitrogens with two attached hydrogens (primary N) is 1. The van der Waals surface area contributed by atoms with Gasteiger partial charge in [0.05, 0.1) is 6.20 Å². The smallest absolute Gasteiger partial charge is 0.164 e. The summed E-state index contributed by atoms with van der Waals surface area (Å²) in [5.74, 6) is -1.69. The van der Waals surface area contributed by atoms with Crippen LogP contribution in [-0.4, -0.2) is 43.8 Å². The van der Waals surface area contributed by atoms with Crippen LogP contribution in [0.5, 0.6) is 0 Å². The maximum atomic E-state index is 12.5. The summed E-state index contributed by atoms with van der Waals surface area (Å²) < 4.78 is 9.27. The summed E-state index contributed by atoms with van der Waals surface area (Å²) in [5.41, 5.74) is 6.72. The Morgan fingerprint density at radius 3 is 2.53 bits per heavy atom. The minimum atomic E-state index is -0.988. The molecule has 0 aliphatic heterocycles. The van der Waals surface area contributed by atoms with E-state index in [1.807, 2.05) is 0 Å². The number of benzene rings is 1. The van der Waals surface area contributed by atoms with E-state index in [-0.39, 0.29) is 36.5 Å². The van der Waals surface area contributed by atoms with Gasteiger partial charge in [-0.2, -0.15) is 4.98 Å². The van der Waals surface area contributed by atoms with E-state index < -0.39 is 29.4 Å². The van der Waals surface area contributed by atoms with Gasteiger partial charge in [0.15, 0.2) is 11.2 Å². The Labute approximate surface area is 215 Å². The summed E-state index contributed by atoms with van der Waals surface area (Å²) >= 11 is 2.29. The summed E-state index contributed by atoms with van der Waals surface area (Å²) in [4.78, 5) is 62.4. The molecule has 176 valence electrons. The SMILES string of the molecule is Nc1nc(=O)c2nc(CNc3ccc(C(=O)N[C@@H](CCC(=O)[O][Mo])C(=O)[O][Mo])cc3)cnc2[nH]1. The summed E-state index contributed by atoms with van der Waals surface area (Å²) in [6.07, 6.45) is 1.50. The molecule has 1 atom stereocenters. The van der Waals surface area contributed by atoms with E-state index in [4.69, 9.17) is 9.12 Å². The number of anilines is 2. The number of hydrogen-bond donors (Lipinski definition) is 4. The molecule has 0 fully saturated rings. The van der Waals surface area contributed by atoms with Crippen LogP contribution in [0.25, 0.3) is 11.2 Å². The van der Waals surface area contributed by atoms with Crippen LogP contribution in [-0.2, 0) is 63.3 Å². The second-order valence-electron chi connectivity index (χ2n) is 6.84. The Hall–Kier alpha value is -3.17. The third-order valence-corrected chi connectivity index (χ3v) is 5.38. The fourth-order valence-corrected chi connectivity index (χ4v) is 3.34. The molecule has 13 nitrogen and oxygen atoms in total. The molecule has 0 saturated carbocycles. The molecule has 34 heavy (non-hydrogen) atoms. The number of fused-ring (bicyclic) bond motifs is 1. The zero-order valence-corrected chi connectivity index (χ0v) is 21.3. The molecule has 3 aromatic rings. The molecule has 15 heteroatoms. The van der Waals surface area contributed by atoms with Crippen LogP contribution in [0.2, 0.25) is 0 Å². The fourth-order valence-electron chi connectivity index (χ4n) is 2.85. The molecule has 2 aromatic heterocycles. The standard InChI is InChI=1S/C19H19N7O6.2Mo/c20-19-25-15-14(17(30)26-19)23-11(8-22-15)7-21-10-3-1-9(2-4-10)16(29)24-12(18(31)32)5-6-13(27)28;;/h1-4,8,12,21H,5-7H2,(H,24,29)(H,27,28)(H,31,32)(H3,20,22,25,26,30);;/q;2*+1/p-2/t12-;;/m0../s1. The molecule has 5 N–H and O–H groups in total. The number of amides is 1. The van der Waals surface area contributed by atoms with Gasteiger partial charge in [-0.25, -0.2) is 9.97 Å². The van der Waals surface area contributed by atoms with E-state index >= 15 is 0 Å². The van der Waals surface area contributed by atoms with E-state index in [9.17, 15) is 19.2 Å². The van der Waals surface area contributed by atoms with Crippen molar-refractivity contribution in [3.05, 3.63) is 52.1 Å². The minimum absolute atomic E-state index is 0.0385. The van der Waals surface area contributed by atoms with E-state index in [0.717, 1.165) is 20.2 Å². The van der Waals surface area contributed by atoms with Crippen molar-refractivity contribution in [2.75, 3.05) is 11.1 Å². The molecular weight excluding hydrogens is 614 g/mol. The van der Waals surface area contributed by atoms with Crippen molar-refractivity contribution >= 4 is 40.6 Å². The van der Waals surface area contributed by atoms with E-state index in [1.165, 1.54) is 26.4 Å². The van der Waals surface area contributed by atoms with Gasteiger partial charge >= 0.3 is 162 Å². The van der Waals surface area contributed by atoms with Gasteiger partial charge in [-0.1, -0.05) is 0 Å². The van der Waals surface area contributed by atoms with Gasteiger partial charge in [0.25, 0.3) is 0 Å². The maximum Gasteiger partial charge on any atom is 0.164 e. The largest absolute Gasteiger partial charge is 0.309 e. The van der Waals surface area contributed by atoms with Crippen LogP contribution >= 0.6 is 0 Å². The second kappa shape index (κ2) is 11.8. The summed E-state index contributed by atoms with van der Waals surface area (Å²) in [7, 11) is 0. The number of H-pyrrole nitrogens is 1. The van der Waals surface area contributed by atoms with Crippen LogP contribution in [0.4, 0.5) is 11.6 Å². The molecule has 0 aliphatic carbocycles. The molecule has 1 amide bonds. The number of aromatic nitrogens is 4. The number of nitrogens with zero attached hydrogens (tertiary/aromatic N) is 3. The van der Waals surface area contributed by atoms with Crippen molar-refractivity contribution in [3.63, 3.8) is 0 Å². The molecule has 3 rings (SSSR count). The van der Waals surface area contributed by atoms with Crippen molar-refractivity contribution < 1.29 is 61.6 Å². The van der Waals surface area contributed by atoms with E-state index in [2.05, 4.69) is 34.0 Å². The third kappa shape index (κ3) is 6.68. The molecular formula is C19H17Mo2N7O6. The molecule has 0 bridgehead atoms. The predicted molar refractivity (Wildman–Crippen MR) is 109 cm³/mol. The van der Waals surface area contributed by atoms with Gasteiger partial charge in [0, 0.05) is 0 Å². The van der Waals surface area contributed by atoms with Gasteiger partial charge in [-0.05, 0) is 0 Å². The summed E-state index contributed by atoms with van der Waals surface area (Å²) in [6, 6.07) is 5.48. The van der Waals surface area contributed by atoms with Crippen LogP contribution < -0.4 is 21.9 Å². The monoisotopic (exact) mass is 635 g/mol. The zero-order valence-electron chi connectivity index (χ0n) is 17.3. The Bertz CT molecular complexity index is 1270. The molecule has 0 aliphatic rings. The molecule has 2 heterocycles. The number of nitrogens with one attached hydrogen (secondary N) is 3. The van der Waals surface area contributed by atoms with E-state index in [0.29, 0.717) is 16.9 Å². The van der Waals surface area contributed by atoms with Gasteiger partial charge in [0.1, 0.15) is 0 Å². The molecule has 0 spiro atoms. The average molecular weight is 631 g/mol. The summed E-state index contributed by atoms with van der Waals surface area (Å²) in [6.45, 7) is 0.261. The van der Waals surface area contributed by atoms with Crippen LogP contribution in [0.1, 0.15) is 28.9 Å². The van der Waals surface area contributed by atoms with Crippen molar-refractivity contribution in [3.8, 4) is 0 Å². The second-order valence-corrected chi connectivity index (χ2v) is 7.66. The minimum Gasteiger partial charge on any atom is -0.309 e. The van der Waals surface area contributed by atoms with Gasteiger partial charge in [-0.3, -0.25) is 4.79 Å². The van der Waals surface area contributed by atoms with Crippen LogP contribution in [0.15, 0.2) is 35.3 Å². The number of nitrogen functional groups attached to an aromatic ring is 1. The van der Waals surface area contributed by atoms with Crippen molar-refractivity contribution in [2.45, 2.75) is 25.4 Å². The van der Waals surface area contributed by atoms with Crippen molar-refractivity contribution in [1.29, 1.82) is 0 Å². The quantitative estimate of drug-likeness (QED) is 0.229. The first kappa shape index (κ1) is 25.4. The first-order valence-corrected chi connectivity index (χ1v) is 11.3. The van der Waals surface area contributed by atoms with Crippen molar-refractivity contribution in [2.24, 2.45) is 0 Å². The molecule has 0 saturated heterocycles. The zero-order chi connectivity index (χ0) is 24.7. The third-order valence-electron chi connectivity index (χ3n) is 4.52. The number of hydrogen-bond acceptors (Lipinski definition) is 11. The van der Waals surface area contributed by atoms with Gasteiger partial charge < -0.3 is 10.7 Å².